The van der Waals surface area contributed by atoms with Crippen LogP contribution in [0.25, 0.3) is 0 Å². The lowest BCUT2D eigenvalue weighted by molar-refractivity contribution is -0.000288. The first kappa shape index (κ1) is 21.8. The van der Waals surface area contributed by atoms with E-state index in [9.17, 15) is 4.79 Å². The van der Waals surface area contributed by atoms with Gasteiger partial charge >= 0.3 is 0 Å². The third-order valence-electron chi connectivity index (χ3n) is 5.27. The average molecular weight is 457 g/mol. The summed E-state index contributed by atoms with van der Waals surface area (Å²) in [7, 11) is 0. The van der Waals surface area contributed by atoms with Crippen molar-refractivity contribution in [2.45, 2.75) is 39.1 Å². The second kappa shape index (κ2) is 10.3. The molecule has 1 aliphatic heterocycles. The van der Waals surface area contributed by atoms with Crippen LogP contribution in [0.2, 0.25) is 5.02 Å². The number of carbonyl (C=O) groups is 1. The molecule has 0 spiro atoms. The van der Waals surface area contributed by atoms with Gasteiger partial charge in [-0.2, -0.15) is 0 Å². The Morgan fingerprint density at radius 2 is 1.81 bits per heavy atom. The zero-order valence-corrected chi connectivity index (χ0v) is 19.0. The lowest BCUT2D eigenvalue weighted by Crippen LogP contribution is -2.40. The first-order valence-corrected chi connectivity index (χ1v) is 11.6. The smallest absolute Gasteiger partial charge is 0.265 e. The molecule has 0 radical (unpaired) electrons. The fourth-order valence-electron chi connectivity index (χ4n) is 3.55. The monoisotopic (exact) mass is 456 g/mol. The molecule has 2 heterocycles. The fraction of sp³-hybridized carbons (Fsp3) is 0.333. The number of aromatic nitrogens is 1. The summed E-state index contributed by atoms with van der Waals surface area (Å²) >= 11 is 7.31. The van der Waals surface area contributed by atoms with Crippen molar-refractivity contribution >= 4 is 28.8 Å². The molecule has 0 saturated carbocycles. The van der Waals surface area contributed by atoms with Crippen LogP contribution in [0.5, 0.6) is 5.75 Å². The maximum Gasteiger partial charge on any atom is 0.265 e. The Kier molecular flexibility index (Phi) is 7.22. The number of rotatable bonds is 7. The van der Waals surface area contributed by atoms with Crippen molar-refractivity contribution in [3.63, 3.8) is 0 Å². The van der Waals surface area contributed by atoms with Gasteiger partial charge in [0.2, 0.25) is 0 Å². The summed E-state index contributed by atoms with van der Waals surface area (Å²) in [5.41, 5.74) is 1.93. The van der Waals surface area contributed by atoms with E-state index in [2.05, 4.69) is 17.1 Å². The molecule has 31 heavy (non-hydrogen) atoms. The third-order valence-corrected chi connectivity index (χ3v) is 6.64. The van der Waals surface area contributed by atoms with Crippen molar-refractivity contribution in [2.75, 3.05) is 13.1 Å². The Balaban J connectivity index is 1.28. The Labute approximate surface area is 191 Å². The number of halogens is 1. The summed E-state index contributed by atoms with van der Waals surface area (Å²) in [6.07, 6.45) is 1.89. The fourth-order valence-corrected chi connectivity index (χ4v) is 4.62. The van der Waals surface area contributed by atoms with E-state index in [0.29, 0.717) is 36.2 Å². The Morgan fingerprint density at radius 1 is 1.10 bits per heavy atom. The summed E-state index contributed by atoms with van der Waals surface area (Å²) in [6.45, 7) is 4.23. The van der Waals surface area contributed by atoms with Crippen LogP contribution < -0.4 is 4.74 Å². The van der Waals surface area contributed by atoms with Crippen LogP contribution in [0.3, 0.4) is 0 Å². The summed E-state index contributed by atoms with van der Waals surface area (Å²) in [4.78, 5) is 20.2. The lowest BCUT2D eigenvalue weighted by atomic mass is 10.1. The van der Waals surface area contributed by atoms with Crippen LogP contribution >= 0.6 is 22.9 Å². The van der Waals surface area contributed by atoms with Crippen molar-refractivity contribution < 1.29 is 14.3 Å². The highest BCUT2D eigenvalue weighted by Gasteiger charge is 2.27. The lowest BCUT2D eigenvalue weighted by Gasteiger charge is -2.31. The van der Waals surface area contributed by atoms with Gasteiger partial charge in [-0.05, 0) is 49.6 Å². The highest BCUT2D eigenvalue weighted by atomic mass is 35.5. The van der Waals surface area contributed by atoms with Crippen molar-refractivity contribution in [1.29, 1.82) is 0 Å². The number of thiazole rings is 1. The molecule has 0 bridgehead atoms. The van der Waals surface area contributed by atoms with Crippen LogP contribution in [0.15, 0.2) is 54.6 Å². The molecule has 1 saturated heterocycles. The number of carbonyl (C=O) groups excluding carboxylic acids is 1. The molecule has 2 aromatic carbocycles. The van der Waals surface area contributed by atoms with Gasteiger partial charge in [-0.3, -0.25) is 4.79 Å². The molecule has 1 aromatic heterocycles. The molecule has 162 valence electrons. The molecule has 0 unspecified atom stereocenters. The number of aryl methyl sites for hydroxylation is 1. The molecular formula is C24H25ClN2O3S. The zero-order chi connectivity index (χ0) is 21.6. The normalized spacial score (nSPS) is 14.6. The van der Waals surface area contributed by atoms with E-state index in [1.165, 1.54) is 16.9 Å². The van der Waals surface area contributed by atoms with Gasteiger partial charge in [0.25, 0.3) is 5.91 Å². The van der Waals surface area contributed by atoms with Gasteiger partial charge < -0.3 is 14.4 Å². The third kappa shape index (κ3) is 5.85. The summed E-state index contributed by atoms with van der Waals surface area (Å²) in [5, 5.41) is 1.46. The Hall–Kier alpha value is -2.41. The van der Waals surface area contributed by atoms with Crippen LogP contribution in [0.1, 0.15) is 38.8 Å². The highest BCUT2D eigenvalue weighted by molar-refractivity contribution is 7.13. The minimum absolute atomic E-state index is 0.0502. The van der Waals surface area contributed by atoms with Crippen molar-refractivity contribution in [1.82, 2.24) is 9.88 Å². The maximum atomic E-state index is 13.0. The molecule has 7 heteroatoms. The summed E-state index contributed by atoms with van der Waals surface area (Å²) in [5.74, 6) is 0.775. The minimum atomic E-state index is 0.0502. The van der Waals surface area contributed by atoms with E-state index in [1.54, 1.807) is 12.1 Å². The highest BCUT2D eigenvalue weighted by Crippen LogP contribution is 2.25. The average Bonchev–Trinajstić information content (AvgIpc) is 3.18. The number of nitrogens with zero attached hydrogens (tertiary/aromatic N) is 2. The molecule has 0 atom stereocenters. The van der Waals surface area contributed by atoms with Gasteiger partial charge in [0.15, 0.2) is 0 Å². The first-order chi connectivity index (χ1) is 15.1. The molecule has 0 aliphatic carbocycles. The number of hydrogen-bond donors (Lipinski definition) is 0. The molecule has 1 aliphatic rings. The number of ether oxygens (including phenoxy) is 2. The number of benzene rings is 2. The SMILES string of the molecule is Cc1nc(COc2ccc(Cl)cc2)sc1C(=O)N1CCC(OCc2ccccc2)CC1. The number of likely N-dealkylation sites (tertiary alicyclic amines) is 1. The first-order valence-electron chi connectivity index (χ1n) is 10.4. The molecule has 0 N–H and O–H groups in total. The number of hydrogen-bond acceptors (Lipinski definition) is 5. The van der Waals surface area contributed by atoms with Gasteiger partial charge in [-0.25, -0.2) is 4.98 Å². The van der Waals surface area contributed by atoms with Gasteiger partial charge in [-0.1, -0.05) is 41.9 Å². The largest absolute Gasteiger partial charge is 0.486 e. The minimum Gasteiger partial charge on any atom is -0.486 e. The predicted octanol–water partition coefficient (Wildman–Crippen LogP) is 5.51. The second-order valence-electron chi connectivity index (χ2n) is 7.55. The Bertz CT molecular complexity index is 999. The van der Waals surface area contributed by atoms with Gasteiger partial charge in [0, 0.05) is 18.1 Å². The van der Waals surface area contributed by atoms with Crippen LogP contribution in [-0.2, 0) is 18.0 Å². The summed E-state index contributed by atoms with van der Waals surface area (Å²) in [6, 6.07) is 17.4. The predicted molar refractivity (Wildman–Crippen MR) is 123 cm³/mol. The molecule has 5 nitrogen and oxygen atoms in total. The number of piperidine rings is 1. The molecule has 1 fully saturated rings. The van der Waals surface area contributed by atoms with Crippen molar-refractivity contribution in [2.24, 2.45) is 0 Å². The van der Waals surface area contributed by atoms with Crippen molar-refractivity contribution in [3.05, 3.63) is 80.8 Å². The van der Waals surface area contributed by atoms with E-state index in [0.717, 1.165) is 29.3 Å². The van der Waals surface area contributed by atoms with Gasteiger partial charge in [0.1, 0.15) is 22.2 Å². The molecular weight excluding hydrogens is 432 g/mol. The van der Waals surface area contributed by atoms with E-state index >= 15 is 0 Å². The standard InChI is InChI=1S/C24H25ClN2O3S/c1-17-23(31-22(26-17)16-30-20-9-7-19(25)8-10-20)24(28)27-13-11-21(12-14-27)29-15-18-5-3-2-4-6-18/h2-10,21H,11-16H2,1H3. The van der Waals surface area contributed by atoms with Crippen LogP contribution in [0.4, 0.5) is 0 Å². The van der Waals surface area contributed by atoms with Crippen molar-refractivity contribution in [3.8, 4) is 5.75 Å². The molecule has 1 amide bonds. The van der Waals surface area contributed by atoms with Gasteiger partial charge in [0.05, 0.1) is 18.4 Å². The van der Waals surface area contributed by atoms with Crippen LogP contribution in [-0.4, -0.2) is 35.0 Å². The quantitative estimate of drug-likeness (QED) is 0.470. The van der Waals surface area contributed by atoms with E-state index < -0.39 is 0 Å². The van der Waals surface area contributed by atoms with Gasteiger partial charge in [-0.15, -0.1) is 11.3 Å². The molecule has 3 aromatic rings. The topological polar surface area (TPSA) is 51.7 Å². The Morgan fingerprint density at radius 3 is 2.52 bits per heavy atom. The molecule has 4 rings (SSSR count). The second-order valence-corrected chi connectivity index (χ2v) is 9.07. The van der Waals surface area contributed by atoms with Crippen LogP contribution in [0, 0.1) is 6.92 Å². The zero-order valence-electron chi connectivity index (χ0n) is 17.4. The number of amides is 1. The summed E-state index contributed by atoms with van der Waals surface area (Å²) < 4.78 is 11.8. The van der Waals surface area contributed by atoms with E-state index in [-0.39, 0.29) is 12.0 Å². The van der Waals surface area contributed by atoms with E-state index in [4.69, 9.17) is 21.1 Å². The maximum absolute atomic E-state index is 13.0. The van der Waals surface area contributed by atoms with E-state index in [1.807, 2.05) is 42.2 Å².